The molecule has 8 nitrogen and oxygen atoms in total. The van der Waals surface area contributed by atoms with E-state index >= 15 is 0 Å². The maximum atomic E-state index is 12.5. The summed E-state index contributed by atoms with van der Waals surface area (Å²) in [6.07, 6.45) is 0. The number of morpholine rings is 1. The average Bonchev–Trinajstić information content (AvgIpc) is 2.83. The minimum absolute atomic E-state index is 0.00819. The number of hydrogen-bond acceptors (Lipinski definition) is 7. The van der Waals surface area contributed by atoms with Gasteiger partial charge in [0.15, 0.2) is 11.5 Å². The number of rotatable bonds is 7. The van der Waals surface area contributed by atoms with Gasteiger partial charge in [-0.3, -0.25) is 9.59 Å². The lowest BCUT2D eigenvalue weighted by atomic mass is 10.2. The molecule has 1 N–H and O–H groups in total. The van der Waals surface area contributed by atoms with Gasteiger partial charge in [0, 0.05) is 36.4 Å². The Balaban J connectivity index is 1.22. The van der Waals surface area contributed by atoms with Crippen LogP contribution in [0.3, 0.4) is 0 Å². The van der Waals surface area contributed by atoms with E-state index in [1.807, 2.05) is 42.5 Å². The molecule has 2 aromatic rings. The second-order valence-electron chi connectivity index (χ2n) is 7.54. The molecule has 2 aliphatic rings. The number of ether oxygens (including phenoxy) is 3. The highest BCUT2D eigenvalue weighted by Gasteiger charge is 2.16. The predicted molar refractivity (Wildman–Crippen MR) is 124 cm³/mol. The first kappa shape index (κ1) is 22.3. The van der Waals surface area contributed by atoms with Crippen molar-refractivity contribution in [1.29, 1.82) is 0 Å². The third kappa shape index (κ3) is 5.86. The summed E-state index contributed by atoms with van der Waals surface area (Å²) in [5.41, 5.74) is 1.81. The van der Waals surface area contributed by atoms with E-state index < -0.39 is 0 Å². The molecular weight excluding hydrogens is 430 g/mol. The van der Waals surface area contributed by atoms with Gasteiger partial charge in [-0.1, -0.05) is 0 Å². The number of anilines is 2. The molecule has 2 heterocycles. The molecule has 0 atom stereocenters. The Bertz CT molecular complexity index is 947. The van der Waals surface area contributed by atoms with E-state index in [4.69, 9.17) is 14.2 Å². The van der Waals surface area contributed by atoms with E-state index in [1.54, 1.807) is 7.05 Å². The third-order valence-electron chi connectivity index (χ3n) is 5.21. The molecular formula is C23H27N3O5S. The maximum absolute atomic E-state index is 12.5. The molecule has 9 heteroatoms. The van der Waals surface area contributed by atoms with Gasteiger partial charge in [-0.2, -0.15) is 0 Å². The number of amides is 2. The van der Waals surface area contributed by atoms with Crippen molar-refractivity contribution < 1.29 is 23.8 Å². The molecule has 4 rings (SSSR count). The molecule has 2 amide bonds. The molecule has 170 valence electrons. The van der Waals surface area contributed by atoms with Gasteiger partial charge in [-0.25, -0.2) is 0 Å². The van der Waals surface area contributed by atoms with Crippen molar-refractivity contribution in [2.75, 3.05) is 69.1 Å². The fraction of sp³-hybridized carbons (Fsp3) is 0.391. The molecule has 0 unspecified atom stereocenters. The highest BCUT2D eigenvalue weighted by Crippen LogP contribution is 2.34. The molecule has 1 saturated heterocycles. The van der Waals surface area contributed by atoms with Crippen molar-refractivity contribution >= 4 is 35.0 Å². The highest BCUT2D eigenvalue weighted by molar-refractivity contribution is 8.00. The standard InChI is InChI=1S/C23H27N3O5S/c1-25(23(28)16-32-19-6-7-20-21(14-19)31-13-12-30-20)15-22(27)24-17-2-4-18(5-3-17)26-8-10-29-11-9-26/h2-7,14H,8-13,15-16H2,1H3,(H,24,27). The summed E-state index contributed by atoms with van der Waals surface area (Å²) in [5.74, 6) is 1.30. The Kier molecular flexibility index (Phi) is 7.39. The van der Waals surface area contributed by atoms with Crippen LogP contribution < -0.4 is 19.7 Å². The predicted octanol–water partition coefficient (Wildman–Crippen LogP) is 2.48. The summed E-state index contributed by atoms with van der Waals surface area (Å²) in [6, 6.07) is 13.4. The number of nitrogens with one attached hydrogen (secondary N) is 1. The van der Waals surface area contributed by atoms with Gasteiger partial charge in [0.2, 0.25) is 11.8 Å². The second-order valence-corrected chi connectivity index (χ2v) is 8.59. The third-order valence-corrected chi connectivity index (χ3v) is 6.19. The molecule has 2 aliphatic heterocycles. The van der Waals surface area contributed by atoms with Gasteiger partial charge in [0.1, 0.15) is 13.2 Å². The van der Waals surface area contributed by atoms with Gasteiger partial charge >= 0.3 is 0 Å². The van der Waals surface area contributed by atoms with E-state index in [0.29, 0.717) is 24.7 Å². The Morgan fingerprint density at radius 3 is 2.47 bits per heavy atom. The van der Waals surface area contributed by atoms with Crippen LogP contribution in [0.4, 0.5) is 11.4 Å². The number of hydrogen-bond donors (Lipinski definition) is 1. The number of fused-ring (bicyclic) bond motifs is 1. The summed E-state index contributed by atoms with van der Waals surface area (Å²) in [5, 5.41) is 2.85. The second kappa shape index (κ2) is 10.6. The maximum Gasteiger partial charge on any atom is 0.243 e. The summed E-state index contributed by atoms with van der Waals surface area (Å²) in [7, 11) is 1.63. The summed E-state index contributed by atoms with van der Waals surface area (Å²) in [6.45, 7) is 4.24. The zero-order valence-corrected chi connectivity index (χ0v) is 18.9. The van der Waals surface area contributed by atoms with Crippen LogP contribution in [0.25, 0.3) is 0 Å². The lowest BCUT2D eigenvalue weighted by Crippen LogP contribution is -2.36. The van der Waals surface area contributed by atoms with Crippen molar-refractivity contribution in [3.63, 3.8) is 0 Å². The SMILES string of the molecule is CN(CC(=O)Nc1ccc(N2CCOCC2)cc1)C(=O)CSc1ccc2c(c1)OCCO2. The topological polar surface area (TPSA) is 80.3 Å². The molecule has 0 radical (unpaired) electrons. The first-order chi connectivity index (χ1) is 15.6. The van der Waals surface area contributed by atoms with Gasteiger partial charge in [0.25, 0.3) is 0 Å². The lowest BCUT2D eigenvalue weighted by Gasteiger charge is -2.28. The van der Waals surface area contributed by atoms with Crippen LogP contribution in [0.2, 0.25) is 0 Å². The number of likely N-dealkylation sites (N-methyl/N-ethyl adjacent to an activating group) is 1. The van der Waals surface area contributed by atoms with Crippen molar-refractivity contribution in [2.24, 2.45) is 0 Å². The first-order valence-electron chi connectivity index (χ1n) is 10.6. The van der Waals surface area contributed by atoms with Crippen LogP contribution in [0.5, 0.6) is 11.5 Å². The van der Waals surface area contributed by atoms with Gasteiger partial charge < -0.3 is 29.3 Å². The van der Waals surface area contributed by atoms with E-state index in [1.165, 1.54) is 16.7 Å². The average molecular weight is 458 g/mol. The Labute approximate surface area is 191 Å². The molecule has 32 heavy (non-hydrogen) atoms. The van der Waals surface area contributed by atoms with Crippen LogP contribution in [0.15, 0.2) is 47.4 Å². The molecule has 0 bridgehead atoms. The largest absolute Gasteiger partial charge is 0.486 e. The minimum Gasteiger partial charge on any atom is -0.486 e. The molecule has 0 aliphatic carbocycles. The van der Waals surface area contributed by atoms with E-state index in [-0.39, 0.29) is 24.1 Å². The Morgan fingerprint density at radius 1 is 1.00 bits per heavy atom. The van der Waals surface area contributed by atoms with E-state index in [0.717, 1.165) is 42.6 Å². The van der Waals surface area contributed by atoms with Crippen LogP contribution >= 0.6 is 11.8 Å². The zero-order valence-electron chi connectivity index (χ0n) is 18.0. The molecule has 0 aromatic heterocycles. The molecule has 1 fully saturated rings. The van der Waals surface area contributed by atoms with Crippen molar-refractivity contribution in [1.82, 2.24) is 4.90 Å². The molecule has 0 saturated carbocycles. The van der Waals surface area contributed by atoms with Gasteiger partial charge in [-0.15, -0.1) is 11.8 Å². The lowest BCUT2D eigenvalue weighted by molar-refractivity contribution is -0.131. The minimum atomic E-state index is -0.232. The Morgan fingerprint density at radius 2 is 1.72 bits per heavy atom. The number of nitrogens with zero attached hydrogens (tertiary/aromatic N) is 2. The van der Waals surface area contributed by atoms with Crippen molar-refractivity contribution in [3.05, 3.63) is 42.5 Å². The summed E-state index contributed by atoms with van der Waals surface area (Å²) in [4.78, 5) is 29.4. The first-order valence-corrected chi connectivity index (χ1v) is 11.6. The monoisotopic (exact) mass is 457 g/mol. The number of carbonyl (C=O) groups excluding carboxylic acids is 2. The van der Waals surface area contributed by atoms with Crippen LogP contribution in [-0.4, -0.2) is 75.6 Å². The zero-order chi connectivity index (χ0) is 22.3. The summed E-state index contributed by atoms with van der Waals surface area (Å²) < 4.78 is 16.5. The fourth-order valence-electron chi connectivity index (χ4n) is 3.45. The van der Waals surface area contributed by atoms with Gasteiger partial charge in [-0.05, 0) is 42.5 Å². The number of carbonyl (C=O) groups is 2. The van der Waals surface area contributed by atoms with Crippen LogP contribution in [0, 0.1) is 0 Å². The van der Waals surface area contributed by atoms with Crippen LogP contribution in [0.1, 0.15) is 0 Å². The summed E-state index contributed by atoms with van der Waals surface area (Å²) >= 11 is 1.40. The molecule has 0 spiro atoms. The van der Waals surface area contributed by atoms with Crippen molar-refractivity contribution in [2.45, 2.75) is 4.90 Å². The highest BCUT2D eigenvalue weighted by atomic mass is 32.2. The van der Waals surface area contributed by atoms with Crippen LogP contribution in [-0.2, 0) is 14.3 Å². The van der Waals surface area contributed by atoms with Gasteiger partial charge in [0.05, 0.1) is 25.5 Å². The smallest absolute Gasteiger partial charge is 0.243 e. The Hall–Kier alpha value is -2.91. The number of thioether (sulfide) groups is 1. The molecule has 2 aromatic carbocycles. The quantitative estimate of drug-likeness (QED) is 0.640. The normalized spacial score (nSPS) is 15.2. The van der Waals surface area contributed by atoms with E-state index in [9.17, 15) is 9.59 Å². The fourth-order valence-corrected chi connectivity index (χ4v) is 4.32. The number of benzene rings is 2. The van der Waals surface area contributed by atoms with E-state index in [2.05, 4.69) is 10.2 Å². The van der Waals surface area contributed by atoms with Crippen molar-refractivity contribution in [3.8, 4) is 11.5 Å².